The molecule has 4 amide bonds. The Balaban J connectivity index is 1.16. The maximum absolute atomic E-state index is 13.1. The van der Waals surface area contributed by atoms with E-state index in [1.165, 1.54) is 4.90 Å². The highest BCUT2D eigenvalue weighted by atomic mass is 16.7. The number of carbonyl (C=O) groups excluding carboxylic acids is 3. The number of carbonyl (C=O) groups is 3. The molecule has 0 spiro atoms. The van der Waals surface area contributed by atoms with Crippen LogP contribution < -0.4 is 19.7 Å². The van der Waals surface area contributed by atoms with Gasteiger partial charge in [0.1, 0.15) is 6.04 Å². The van der Waals surface area contributed by atoms with Crippen LogP contribution in [-0.2, 0) is 9.59 Å². The molecule has 3 aliphatic heterocycles. The number of anilines is 2. The van der Waals surface area contributed by atoms with Gasteiger partial charge in [-0.3, -0.25) is 19.4 Å². The van der Waals surface area contributed by atoms with E-state index < -0.39 is 6.04 Å². The molecule has 2 aromatic rings. The lowest BCUT2D eigenvalue weighted by Crippen LogP contribution is -2.46. The molecule has 0 saturated carbocycles. The predicted molar refractivity (Wildman–Crippen MR) is 126 cm³/mol. The first-order chi connectivity index (χ1) is 16.4. The number of aryl methyl sites for hydroxylation is 1. The summed E-state index contributed by atoms with van der Waals surface area (Å²) in [5.41, 5.74) is 2.49. The smallest absolute Gasteiger partial charge is 0.333 e. The summed E-state index contributed by atoms with van der Waals surface area (Å²) in [6, 6.07) is 12.1. The number of hydrogen-bond acceptors (Lipinski definition) is 6. The number of likely N-dealkylation sites (tertiary alicyclic amines) is 1. The van der Waals surface area contributed by atoms with E-state index in [9.17, 15) is 14.4 Å². The molecule has 0 aromatic heterocycles. The Labute approximate surface area is 198 Å². The fourth-order valence-electron chi connectivity index (χ4n) is 4.65. The third kappa shape index (κ3) is 4.19. The quantitative estimate of drug-likeness (QED) is 0.684. The fourth-order valence-corrected chi connectivity index (χ4v) is 4.65. The van der Waals surface area contributed by atoms with E-state index in [0.717, 1.165) is 11.3 Å². The number of benzene rings is 2. The van der Waals surface area contributed by atoms with Gasteiger partial charge < -0.3 is 14.8 Å². The number of piperidine rings is 1. The van der Waals surface area contributed by atoms with Crippen LogP contribution >= 0.6 is 0 Å². The second-order valence-corrected chi connectivity index (χ2v) is 9.02. The maximum atomic E-state index is 13.1. The summed E-state index contributed by atoms with van der Waals surface area (Å²) in [5.74, 6) is 0.933. The summed E-state index contributed by atoms with van der Waals surface area (Å²) in [6.07, 6.45) is 1.31. The lowest BCUT2D eigenvalue weighted by molar-refractivity contribution is -0.129. The van der Waals surface area contributed by atoms with Crippen LogP contribution in [0.5, 0.6) is 11.5 Å². The number of urea groups is 1. The molecule has 9 nitrogen and oxygen atoms in total. The lowest BCUT2D eigenvalue weighted by Gasteiger charge is -2.33. The van der Waals surface area contributed by atoms with Gasteiger partial charge in [0.05, 0.1) is 6.67 Å². The van der Waals surface area contributed by atoms with Crippen LogP contribution in [0.4, 0.5) is 16.2 Å². The first-order valence-corrected chi connectivity index (χ1v) is 11.5. The minimum atomic E-state index is -0.541. The zero-order valence-electron chi connectivity index (χ0n) is 19.3. The number of imide groups is 1. The zero-order valence-corrected chi connectivity index (χ0v) is 19.3. The second kappa shape index (κ2) is 8.98. The molecule has 9 heteroatoms. The highest BCUT2D eigenvalue weighted by Crippen LogP contribution is 2.34. The minimum absolute atomic E-state index is 0.0361. The second-order valence-electron chi connectivity index (χ2n) is 9.02. The van der Waals surface area contributed by atoms with E-state index in [-0.39, 0.29) is 37.2 Å². The van der Waals surface area contributed by atoms with Crippen LogP contribution in [0.25, 0.3) is 0 Å². The molecule has 3 aliphatic rings. The van der Waals surface area contributed by atoms with Gasteiger partial charge in [-0.15, -0.1) is 0 Å². The van der Waals surface area contributed by atoms with Crippen molar-refractivity contribution in [3.8, 4) is 11.5 Å². The number of amides is 4. The standard InChI is InChI=1S/C25H28N4O5/c1-16-3-6-20(7-4-16)29-17(2)24(31)28(25(29)32)14-27-11-9-18(10-12-27)23(30)26-19-5-8-21-22(13-19)34-15-33-21/h3-8,13,17-18H,9-12,14-15H2,1-2H3,(H,26,30)/t17-/m0/s1. The maximum Gasteiger partial charge on any atom is 0.333 e. The summed E-state index contributed by atoms with van der Waals surface area (Å²) in [7, 11) is 0. The van der Waals surface area contributed by atoms with Crippen molar-refractivity contribution in [2.45, 2.75) is 32.7 Å². The van der Waals surface area contributed by atoms with Crippen molar-refractivity contribution in [2.24, 2.45) is 5.92 Å². The number of rotatable bonds is 5. The Morgan fingerprint density at radius 3 is 2.47 bits per heavy atom. The molecule has 2 fully saturated rings. The molecule has 0 radical (unpaired) electrons. The average molecular weight is 465 g/mol. The van der Waals surface area contributed by atoms with Crippen LogP contribution in [0, 0.1) is 12.8 Å². The van der Waals surface area contributed by atoms with Crippen LogP contribution in [0.15, 0.2) is 42.5 Å². The van der Waals surface area contributed by atoms with Gasteiger partial charge in [0.25, 0.3) is 5.91 Å². The molecule has 1 atom stereocenters. The molecular formula is C25H28N4O5. The van der Waals surface area contributed by atoms with Gasteiger partial charge in [-0.2, -0.15) is 0 Å². The van der Waals surface area contributed by atoms with Crippen molar-refractivity contribution in [3.05, 3.63) is 48.0 Å². The molecular weight excluding hydrogens is 436 g/mol. The van der Waals surface area contributed by atoms with Gasteiger partial charge in [-0.1, -0.05) is 17.7 Å². The fraction of sp³-hybridized carbons (Fsp3) is 0.400. The van der Waals surface area contributed by atoms with Gasteiger partial charge >= 0.3 is 6.03 Å². The Morgan fingerprint density at radius 2 is 1.74 bits per heavy atom. The number of hydrogen-bond donors (Lipinski definition) is 1. The van der Waals surface area contributed by atoms with Crippen LogP contribution in [-0.4, -0.2) is 60.2 Å². The molecule has 2 saturated heterocycles. The first kappa shape index (κ1) is 22.2. The predicted octanol–water partition coefficient (Wildman–Crippen LogP) is 3.19. The molecule has 5 rings (SSSR count). The third-order valence-electron chi connectivity index (χ3n) is 6.70. The van der Waals surface area contributed by atoms with Gasteiger partial charge in [-0.25, -0.2) is 9.69 Å². The lowest BCUT2D eigenvalue weighted by atomic mass is 9.96. The Bertz CT molecular complexity index is 1110. The van der Waals surface area contributed by atoms with Crippen LogP contribution in [0.1, 0.15) is 25.3 Å². The molecule has 1 N–H and O–H groups in total. The Kier molecular flexibility index (Phi) is 5.87. The monoisotopic (exact) mass is 464 g/mol. The van der Waals surface area contributed by atoms with E-state index in [1.54, 1.807) is 30.0 Å². The van der Waals surface area contributed by atoms with Crippen molar-refractivity contribution in [2.75, 3.05) is 36.8 Å². The van der Waals surface area contributed by atoms with Crippen LogP contribution in [0.2, 0.25) is 0 Å². The molecule has 2 aromatic carbocycles. The van der Waals surface area contributed by atoms with E-state index in [4.69, 9.17) is 9.47 Å². The number of nitrogens with one attached hydrogen (secondary N) is 1. The van der Waals surface area contributed by atoms with E-state index in [2.05, 4.69) is 10.2 Å². The molecule has 34 heavy (non-hydrogen) atoms. The van der Waals surface area contributed by atoms with Gasteiger partial charge in [-0.05, 0) is 51.0 Å². The Hall–Kier alpha value is -3.59. The highest BCUT2D eigenvalue weighted by molar-refractivity contribution is 6.14. The van der Waals surface area contributed by atoms with Crippen LogP contribution in [0.3, 0.4) is 0 Å². The molecule has 0 bridgehead atoms. The van der Waals surface area contributed by atoms with Crippen molar-refractivity contribution < 1.29 is 23.9 Å². The summed E-state index contributed by atoms with van der Waals surface area (Å²) >= 11 is 0. The van der Waals surface area contributed by atoms with E-state index >= 15 is 0 Å². The molecule has 0 aliphatic carbocycles. The summed E-state index contributed by atoms with van der Waals surface area (Å²) < 4.78 is 10.7. The molecule has 178 valence electrons. The summed E-state index contributed by atoms with van der Waals surface area (Å²) in [4.78, 5) is 43.6. The average Bonchev–Trinajstić information content (AvgIpc) is 3.38. The van der Waals surface area contributed by atoms with Crippen molar-refractivity contribution >= 4 is 29.2 Å². The summed E-state index contributed by atoms with van der Waals surface area (Å²) in [5, 5.41) is 2.96. The molecule has 3 heterocycles. The van der Waals surface area contributed by atoms with Gasteiger partial charge in [0, 0.05) is 36.4 Å². The van der Waals surface area contributed by atoms with Gasteiger partial charge in [0.15, 0.2) is 11.5 Å². The van der Waals surface area contributed by atoms with E-state index in [1.807, 2.05) is 31.2 Å². The molecule has 0 unspecified atom stereocenters. The third-order valence-corrected chi connectivity index (χ3v) is 6.70. The van der Waals surface area contributed by atoms with Crippen molar-refractivity contribution in [3.63, 3.8) is 0 Å². The highest BCUT2D eigenvalue weighted by Gasteiger charge is 2.44. The number of fused-ring (bicyclic) bond motifs is 1. The van der Waals surface area contributed by atoms with Gasteiger partial charge in [0.2, 0.25) is 12.7 Å². The number of ether oxygens (including phenoxy) is 2. The normalized spacial score (nSPS) is 20.8. The first-order valence-electron chi connectivity index (χ1n) is 11.5. The number of nitrogens with zero attached hydrogens (tertiary/aromatic N) is 3. The Morgan fingerprint density at radius 1 is 1.03 bits per heavy atom. The van der Waals surface area contributed by atoms with E-state index in [0.29, 0.717) is 43.1 Å². The SMILES string of the molecule is Cc1ccc(N2C(=O)N(CN3CCC(C(=O)Nc4ccc5c(c4)OCO5)CC3)C(=O)[C@@H]2C)cc1. The topological polar surface area (TPSA) is 91.4 Å². The van der Waals surface area contributed by atoms with Crippen molar-refractivity contribution in [1.29, 1.82) is 0 Å². The minimum Gasteiger partial charge on any atom is -0.454 e. The summed E-state index contributed by atoms with van der Waals surface area (Å²) in [6.45, 7) is 5.43. The van der Waals surface area contributed by atoms with Crippen molar-refractivity contribution in [1.82, 2.24) is 9.80 Å². The zero-order chi connectivity index (χ0) is 23.8. The largest absolute Gasteiger partial charge is 0.454 e.